The normalized spacial score (nSPS) is 24.6. The maximum absolute atomic E-state index is 14.7. The average Bonchev–Trinajstić information content (AvgIpc) is 4.08. The molecule has 3 aromatic rings. The molecule has 4 amide bonds. The number of carbonyl (C=O) groups excluding carboxylic acids is 4. The number of fused-ring (bicyclic) bond motifs is 1. The summed E-state index contributed by atoms with van der Waals surface area (Å²) in [6, 6.07) is 15.4. The van der Waals surface area contributed by atoms with Crippen LogP contribution < -0.4 is 19.5 Å². The lowest BCUT2D eigenvalue weighted by Crippen LogP contribution is -2.59. The number of sulfonamides is 1. The maximum atomic E-state index is 14.7. The Morgan fingerprint density at radius 3 is 2.37 bits per heavy atom. The van der Waals surface area contributed by atoms with Gasteiger partial charge < -0.3 is 24.6 Å². The SMILES string of the molecule is C=C[C@@H]1C[C@]1(NC(=O)[C@@H]1C[C@@H](Oc2cc(-c3ccccc3)nc3cc(OC)ccc23)CN1C(=O)[C@@H](CC(=O)N1CC(F)(F)C1)C(C)(C)C)C(=O)NS(=O)(=O)C1CC1. The number of alkyl halides is 2. The molecule has 2 aliphatic heterocycles. The van der Waals surface area contributed by atoms with Gasteiger partial charge in [-0.25, -0.2) is 22.2 Å². The molecule has 2 N–H and O–H groups in total. The van der Waals surface area contributed by atoms with Gasteiger partial charge in [0.05, 0.1) is 49.1 Å². The maximum Gasteiger partial charge on any atom is 0.282 e. The van der Waals surface area contributed by atoms with E-state index in [1.807, 2.05) is 30.3 Å². The van der Waals surface area contributed by atoms with E-state index in [4.69, 9.17) is 14.5 Å². The van der Waals surface area contributed by atoms with Crippen LogP contribution in [0.4, 0.5) is 8.78 Å². The molecule has 4 aliphatic rings. The first-order valence-electron chi connectivity index (χ1n) is 19.0. The number of aromatic nitrogens is 1. The molecule has 0 bridgehead atoms. The van der Waals surface area contributed by atoms with Crippen molar-refractivity contribution in [1.82, 2.24) is 24.8 Å². The fraction of sp³-hybridized carbons (Fsp3) is 0.488. The minimum absolute atomic E-state index is 0.0296. The molecule has 13 nitrogen and oxygen atoms in total. The van der Waals surface area contributed by atoms with Crippen LogP contribution in [0, 0.1) is 17.3 Å². The molecule has 2 saturated carbocycles. The van der Waals surface area contributed by atoms with Crippen molar-refractivity contribution in [3.05, 3.63) is 67.3 Å². The summed E-state index contributed by atoms with van der Waals surface area (Å²) < 4.78 is 67.2. The number of halogens is 2. The van der Waals surface area contributed by atoms with Crippen molar-refractivity contribution in [2.24, 2.45) is 17.3 Å². The number of carbonyl (C=O) groups is 4. The lowest BCUT2D eigenvalue weighted by Gasteiger charge is -2.41. The minimum Gasteiger partial charge on any atom is -0.497 e. The Kier molecular flexibility index (Phi) is 10.3. The second-order valence-corrected chi connectivity index (χ2v) is 18.6. The molecule has 5 atom stereocenters. The number of amides is 4. The van der Waals surface area contributed by atoms with Crippen molar-refractivity contribution in [1.29, 1.82) is 0 Å². The largest absolute Gasteiger partial charge is 0.497 e. The summed E-state index contributed by atoms with van der Waals surface area (Å²) in [5.74, 6) is -6.34. The zero-order chi connectivity index (χ0) is 41.1. The molecule has 2 aromatic carbocycles. The van der Waals surface area contributed by atoms with Crippen LogP contribution in [-0.2, 0) is 29.2 Å². The Labute approximate surface area is 330 Å². The lowest BCUT2D eigenvalue weighted by atomic mass is 9.77. The molecule has 3 heterocycles. The standard InChI is InChI=1S/C41H47F2N5O8S/c1-6-25-20-41(25,38(52)46-57(53,54)28-13-14-28)45-36(50)33-17-27(21-48(33)37(51)30(39(2,3)4)18-35(49)47-22-40(42,43)23-47)56-34-19-31(24-10-8-7-9-11-24)44-32-16-26(55-5)12-15-29(32)34/h6-12,15-16,19,25,27-28,30,33H,1,13-14,17-18,20-23H2,2-5H3,(H,45,50)(H,46,52)/t25-,27-,30-,33+,41-/m1/s1. The lowest BCUT2D eigenvalue weighted by molar-refractivity contribution is -0.169. The van der Waals surface area contributed by atoms with Gasteiger partial charge in [0.15, 0.2) is 0 Å². The zero-order valence-corrected chi connectivity index (χ0v) is 33.1. The second-order valence-electron chi connectivity index (χ2n) is 16.6. The molecule has 7 rings (SSSR count). The number of likely N-dealkylation sites (tertiary alicyclic amines) is 2. The van der Waals surface area contributed by atoms with Crippen molar-refractivity contribution >= 4 is 44.6 Å². The molecule has 1 aromatic heterocycles. The molecule has 0 radical (unpaired) electrons. The van der Waals surface area contributed by atoms with Crippen LogP contribution >= 0.6 is 0 Å². The smallest absolute Gasteiger partial charge is 0.282 e. The summed E-state index contributed by atoms with van der Waals surface area (Å²) >= 11 is 0. The Hall–Kier alpha value is -5.12. The summed E-state index contributed by atoms with van der Waals surface area (Å²) in [6.07, 6.45) is 1.26. The van der Waals surface area contributed by atoms with Crippen LogP contribution in [0.15, 0.2) is 67.3 Å². The molecule has 16 heteroatoms. The third-order valence-corrected chi connectivity index (χ3v) is 13.2. The van der Waals surface area contributed by atoms with Gasteiger partial charge in [0, 0.05) is 41.8 Å². The van der Waals surface area contributed by atoms with E-state index < -0.39 is 92.8 Å². The fourth-order valence-corrected chi connectivity index (χ4v) is 9.05. The highest BCUT2D eigenvalue weighted by Crippen LogP contribution is 2.46. The van der Waals surface area contributed by atoms with Crippen molar-refractivity contribution in [3.8, 4) is 22.8 Å². The van der Waals surface area contributed by atoms with Gasteiger partial charge in [-0.3, -0.25) is 23.9 Å². The number of methoxy groups -OCH3 is 1. The Morgan fingerprint density at radius 2 is 1.77 bits per heavy atom. The summed E-state index contributed by atoms with van der Waals surface area (Å²) in [4.78, 5) is 63.1. The van der Waals surface area contributed by atoms with Gasteiger partial charge in [-0.05, 0) is 36.8 Å². The van der Waals surface area contributed by atoms with E-state index in [1.165, 1.54) is 11.0 Å². The highest BCUT2D eigenvalue weighted by atomic mass is 32.2. The van der Waals surface area contributed by atoms with E-state index in [9.17, 15) is 36.4 Å². The van der Waals surface area contributed by atoms with Gasteiger partial charge in [0.2, 0.25) is 27.7 Å². The molecule has 4 fully saturated rings. The molecular weight excluding hydrogens is 761 g/mol. The highest BCUT2D eigenvalue weighted by molar-refractivity contribution is 7.91. The van der Waals surface area contributed by atoms with E-state index >= 15 is 0 Å². The number of hydrogen-bond acceptors (Lipinski definition) is 9. The van der Waals surface area contributed by atoms with Crippen LogP contribution in [-0.4, -0.2) is 102 Å². The molecule has 304 valence electrons. The van der Waals surface area contributed by atoms with Gasteiger partial charge in [-0.2, -0.15) is 0 Å². The topological polar surface area (TPSA) is 164 Å². The van der Waals surface area contributed by atoms with Gasteiger partial charge in [0.1, 0.15) is 29.2 Å². The monoisotopic (exact) mass is 807 g/mol. The first kappa shape index (κ1) is 40.1. The Balaban J connectivity index is 1.21. The predicted molar refractivity (Wildman–Crippen MR) is 207 cm³/mol. The Bertz CT molecular complexity index is 2220. The average molecular weight is 808 g/mol. The molecule has 0 spiro atoms. The van der Waals surface area contributed by atoms with E-state index in [1.54, 1.807) is 52.1 Å². The number of ether oxygens (including phenoxy) is 2. The van der Waals surface area contributed by atoms with Gasteiger partial charge >= 0.3 is 0 Å². The van der Waals surface area contributed by atoms with Crippen molar-refractivity contribution in [2.75, 3.05) is 26.7 Å². The number of nitrogens with one attached hydrogen (secondary N) is 2. The van der Waals surface area contributed by atoms with E-state index in [0.717, 1.165) is 10.5 Å². The molecule has 57 heavy (non-hydrogen) atoms. The predicted octanol–water partition coefficient (Wildman–Crippen LogP) is 4.46. The van der Waals surface area contributed by atoms with Crippen molar-refractivity contribution in [3.63, 3.8) is 0 Å². The first-order chi connectivity index (χ1) is 26.8. The summed E-state index contributed by atoms with van der Waals surface area (Å²) in [5, 5.41) is 2.75. The molecular formula is C41H47F2N5O8S. The number of pyridine rings is 1. The highest BCUT2D eigenvalue weighted by Gasteiger charge is 2.62. The summed E-state index contributed by atoms with van der Waals surface area (Å²) in [5.41, 5.74) is -0.450. The van der Waals surface area contributed by atoms with Gasteiger partial charge in [-0.15, -0.1) is 6.58 Å². The van der Waals surface area contributed by atoms with Crippen LogP contribution in [0.25, 0.3) is 22.2 Å². The van der Waals surface area contributed by atoms with E-state index in [-0.39, 0.29) is 25.8 Å². The first-order valence-corrected chi connectivity index (χ1v) is 20.6. The zero-order valence-electron chi connectivity index (χ0n) is 32.3. The second kappa shape index (κ2) is 14.7. The minimum atomic E-state index is -3.95. The summed E-state index contributed by atoms with van der Waals surface area (Å²) in [7, 11) is -2.40. The van der Waals surface area contributed by atoms with Gasteiger partial charge in [-0.1, -0.05) is 57.2 Å². The van der Waals surface area contributed by atoms with Gasteiger partial charge in [0.25, 0.3) is 11.8 Å². The number of nitrogens with zero attached hydrogens (tertiary/aromatic N) is 3. The van der Waals surface area contributed by atoms with Crippen LogP contribution in [0.5, 0.6) is 11.5 Å². The third-order valence-electron chi connectivity index (χ3n) is 11.4. The Morgan fingerprint density at radius 1 is 1.07 bits per heavy atom. The van der Waals surface area contributed by atoms with E-state index in [2.05, 4.69) is 16.6 Å². The number of rotatable bonds is 13. The molecule has 2 aliphatic carbocycles. The molecule has 0 unspecified atom stereocenters. The van der Waals surface area contributed by atoms with Crippen LogP contribution in [0.3, 0.4) is 0 Å². The third kappa shape index (κ3) is 8.18. The fourth-order valence-electron chi connectivity index (χ4n) is 7.69. The van der Waals surface area contributed by atoms with E-state index in [0.29, 0.717) is 40.9 Å². The van der Waals surface area contributed by atoms with Crippen molar-refractivity contribution in [2.45, 2.75) is 81.7 Å². The van der Waals surface area contributed by atoms with Crippen molar-refractivity contribution < 1.29 is 45.9 Å². The van der Waals surface area contributed by atoms with Crippen LogP contribution in [0.2, 0.25) is 0 Å². The molecule has 2 saturated heterocycles. The summed E-state index contributed by atoms with van der Waals surface area (Å²) in [6.45, 7) is 7.48. The number of hydrogen-bond donors (Lipinski definition) is 2. The number of benzene rings is 2. The van der Waals surface area contributed by atoms with Crippen LogP contribution in [0.1, 0.15) is 52.9 Å². The quantitative estimate of drug-likeness (QED) is 0.238.